The Hall–Kier alpha value is -4.19. The van der Waals surface area contributed by atoms with E-state index >= 15 is 0 Å². The van der Waals surface area contributed by atoms with Gasteiger partial charge in [-0.05, 0) is 83.7 Å². The van der Waals surface area contributed by atoms with E-state index in [0.29, 0.717) is 18.4 Å². The van der Waals surface area contributed by atoms with Crippen LogP contribution in [0.1, 0.15) is 36.8 Å². The quantitative estimate of drug-likeness (QED) is 0.299. The van der Waals surface area contributed by atoms with Crippen molar-refractivity contribution in [3.8, 4) is 11.1 Å². The van der Waals surface area contributed by atoms with E-state index in [2.05, 4.69) is 47.6 Å². The molecule has 0 spiro atoms. The molecule has 0 radical (unpaired) electrons. The van der Waals surface area contributed by atoms with Gasteiger partial charge in [-0.25, -0.2) is 4.79 Å². The molecule has 2 aliphatic carbocycles. The first-order valence-electron chi connectivity index (χ1n) is 13.3. The van der Waals surface area contributed by atoms with Crippen LogP contribution in [-0.4, -0.2) is 26.8 Å². The van der Waals surface area contributed by atoms with E-state index in [-0.39, 0.29) is 11.8 Å². The maximum Gasteiger partial charge on any atom is 0.328 e. The zero-order valence-electron chi connectivity index (χ0n) is 21.5. The molecule has 2 saturated carbocycles. The Labute approximate surface area is 222 Å². The predicted molar refractivity (Wildman–Crippen MR) is 149 cm³/mol. The summed E-state index contributed by atoms with van der Waals surface area (Å²) in [7, 11) is 1.94. The van der Waals surface area contributed by atoms with Gasteiger partial charge in [0.05, 0.1) is 18.3 Å². The molecule has 1 heterocycles. The van der Waals surface area contributed by atoms with Gasteiger partial charge < -0.3 is 10.0 Å². The molecule has 6 nitrogen and oxygen atoms in total. The third-order valence-electron chi connectivity index (χ3n) is 8.30. The number of rotatable bonds is 7. The van der Waals surface area contributed by atoms with Gasteiger partial charge in [-0.1, -0.05) is 48.9 Å². The van der Waals surface area contributed by atoms with Crippen LogP contribution in [0.25, 0.3) is 28.1 Å². The average Bonchev–Trinajstić information content (AvgIpc) is 3.67. The topological polar surface area (TPSA) is 75.4 Å². The second-order valence-corrected chi connectivity index (χ2v) is 10.7. The van der Waals surface area contributed by atoms with Crippen molar-refractivity contribution < 1.29 is 14.7 Å². The summed E-state index contributed by atoms with van der Waals surface area (Å²) in [5, 5.41) is 14.5. The molecule has 0 unspecified atom stereocenters. The molecule has 3 atom stereocenters. The standard InChI is InChI=1S/C32H31N3O3/c1-34-30-13-12-25(18-27(30)19-33-34)24-9-5-22(6-10-24)20-35(32(38)29-17-23-7-11-26(29)15-23)28-4-2-3-21(16-28)8-14-31(36)37/h2-6,8-10,12-14,16,18-19,23,26,29H,7,11,15,17,20H2,1H3,(H,36,37)/t23-,26+,29-/m1/s1. The number of hydrogen-bond donors (Lipinski definition) is 1. The molecule has 3 aromatic carbocycles. The number of anilines is 1. The molecule has 4 aromatic rings. The molecule has 1 aromatic heterocycles. The first-order chi connectivity index (χ1) is 18.4. The lowest BCUT2D eigenvalue weighted by Gasteiger charge is -2.30. The number of amides is 1. The van der Waals surface area contributed by atoms with Crippen molar-refractivity contribution in [2.75, 3.05) is 4.90 Å². The Morgan fingerprint density at radius 2 is 1.84 bits per heavy atom. The second kappa shape index (κ2) is 9.93. The van der Waals surface area contributed by atoms with Crippen LogP contribution in [0.4, 0.5) is 5.69 Å². The first-order valence-corrected chi connectivity index (χ1v) is 13.3. The molecule has 1 N–H and O–H groups in total. The lowest BCUT2D eigenvalue weighted by atomic mass is 9.87. The van der Waals surface area contributed by atoms with Gasteiger partial charge in [0.2, 0.25) is 5.91 Å². The third kappa shape index (κ3) is 4.74. The average molecular weight is 506 g/mol. The number of fused-ring (bicyclic) bond motifs is 3. The van der Waals surface area contributed by atoms with Gasteiger partial charge in [0.15, 0.2) is 0 Å². The number of aliphatic carboxylic acids is 1. The van der Waals surface area contributed by atoms with Gasteiger partial charge >= 0.3 is 5.97 Å². The highest BCUT2D eigenvalue weighted by molar-refractivity contribution is 5.96. The van der Waals surface area contributed by atoms with Gasteiger partial charge in [-0.3, -0.25) is 9.48 Å². The smallest absolute Gasteiger partial charge is 0.328 e. The Bertz CT molecular complexity index is 1540. The van der Waals surface area contributed by atoms with E-state index < -0.39 is 5.97 Å². The van der Waals surface area contributed by atoms with Crippen molar-refractivity contribution in [2.45, 2.75) is 32.2 Å². The summed E-state index contributed by atoms with van der Waals surface area (Å²) in [4.78, 5) is 26.9. The SMILES string of the molecule is Cn1ncc2cc(-c3ccc(CN(C(=O)[C@@H]4C[C@@H]5CC[C@H]4C5)c4cccc(C=CC(=O)O)c4)cc3)ccc21. The molecule has 0 aliphatic heterocycles. The minimum absolute atomic E-state index is 0.0671. The molecule has 0 saturated heterocycles. The van der Waals surface area contributed by atoms with E-state index in [9.17, 15) is 9.59 Å². The maximum atomic E-state index is 13.9. The van der Waals surface area contributed by atoms with E-state index in [1.807, 2.05) is 47.1 Å². The molecule has 2 aliphatic rings. The van der Waals surface area contributed by atoms with E-state index in [4.69, 9.17) is 5.11 Å². The van der Waals surface area contributed by atoms with Crippen LogP contribution in [-0.2, 0) is 23.2 Å². The Kier molecular flexibility index (Phi) is 6.32. The van der Waals surface area contributed by atoms with Gasteiger partial charge in [0, 0.05) is 30.1 Å². The first kappa shape index (κ1) is 24.2. The summed E-state index contributed by atoms with van der Waals surface area (Å²) in [6, 6.07) is 22.4. The van der Waals surface area contributed by atoms with Crippen LogP contribution in [0.15, 0.2) is 79.0 Å². The lowest BCUT2D eigenvalue weighted by Crippen LogP contribution is -2.38. The highest BCUT2D eigenvalue weighted by Crippen LogP contribution is 2.49. The molecular formula is C32H31N3O3. The molecule has 192 valence electrons. The third-order valence-corrected chi connectivity index (χ3v) is 8.30. The number of carboxylic acid groups (broad SMARTS) is 1. The fourth-order valence-electron chi connectivity index (χ4n) is 6.34. The maximum absolute atomic E-state index is 13.9. The van der Waals surface area contributed by atoms with Gasteiger partial charge in [0.25, 0.3) is 0 Å². The predicted octanol–water partition coefficient (Wildman–Crippen LogP) is 6.31. The molecule has 6 rings (SSSR count). The Balaban J connectivity index is 1.28. The van der Waals surface area contributed by atoms with Crippen molar-refractivity contribution in [1.29, 1.82) is 0 Å². The normalized spacial score (nSPS) is 20.4. The molecule has 38 heavy (non-hydrogen) atoms. The van der Waals surface area contributed by atoms with Crippen molar-refractivity contribution >= 4 is 34.5 Å². The van der Waals surface area contributed by atoms with Crippen molar-refractivity contribution in [1.82, 2.24) is 9.78 Å². The summed E-state index contributed by atoms with van der Waals surface area (Å²) in [6.45, 7) is 0.473. The summed E-state index contributed by atoms with van der Waals surface area (Å²) >= 11 is 0. The minimum Gasteiger partial charge on any atom is -0.478 e. The number of hydrogen-bond acceptors (Lipinski definition) is 3. The minimum atomic E-state index is -0.993. The molecule has 2 fully saturated rings. The number of carbonyl (C=O) groups is 2. The largest absolute Gasteiger partial charge is 0.478 e. The fraction of sp³-hybridized carbons (Fsp3) is 0.281. The van der Waals surface area contributed by atoms with Crippen LogP contribution in [0, 0.1) is 17.8 Å². The summed E-state index contributed by atoms with van der Waals surface area (Å²) in [5.41, 5.74) is 5.96. The van der Waals surface area contributed by atoms with Gasteiger partial charge in [0.1, 0.15) is 0 Å². The monoisotopic (exact) mass is 505 g/mol. The lowest BCUT2D eigenvalue weighted by molar-refractivity contribution is -0.131. The van der Waals surface area contributed by atoms with E-state index in [1.54, 1.807) is 6.08 Å². The number of aromatic nitrogens is 2. The van der Waals surface area contributed by atoms with Gasteiger partial charge in [-0.2, -0.15) is 5.10 Å². The zero-order valence-corrected chi connectivity index (χ0v) is 21.5. The van der Waals surface area contributed by atoms with Crippen molar-refractivity contribution in [3.05, 3.63) is 90.1 Å². The van der Waals surface area contributed by atoms with Crippen LogP contribution < -0.4 is 4.90 Å². The summed E-state index contributed by atoms with van der Waals surface area (Å²) < 4.78 is 1.87. The fourth-order valence-corrected chi connectivity index (χ4v) is 6.34. The number of carboxylic acids is 1. The second-order valence-electron chi connectivity index (χ2n) is 10.7. The van der Waals surface area contributed by atoms with Crippen molar-refractivity contribution in [3.63, 3.8) is 0 Å². The van der Waals surface area contributed by atoms with Gasteiger partial charge in [-0.15, -0.1) is 0 Å². The Morgan fingerprint density at radius 3 is 2.58 bits per heavy atom. The summed E-state index contributed by atoms with van der Waals surface area (Å²) in [6.07, 6.45) is 9.12. The molecule has 1 amide bonds. The number of carbonyl (C=O) groups excluding carboxylic acids is 1. The zero-order chi connectivity index (χ0) is 26.2. The van der Waals surface area contributed by atoms with E-state index in [1.165, 1.54) is 12.8 Å². The number of nitrogens with zero attached hydrogens (tertiary/aromatic N) is 3. The highest BCUT2D eigenvalue weighted by Gasteiger charge is 2.44. The number of benzene rings is 3. The van der Waals surface area contributed by atoms with E-state index in [0.717, 1.165) is 57.8 Å². The van der Waals surface area contributed by atoms with Crippen LogP contribution in [0.5, 0.6) is 0 Å². The summed E-state index contributed by atoms with van der Waals surface area (Å²) in [5.74, 6) is 0.417. The van der Waals surface area contributed by atoms with Crippen molar-refractivity contribution in [2.24, 2.45) is 24.8 Å². The van der Waals surface area contributed by atoms with Crippen LogP contribution in [0.3, 0.4) is 0 Å². The molecular weight excluding hydrogens is 474 g/mol. The number of aryl methyl sites for hydroxylation is 1. The molecule has 6 heteroatoms. The van der Waals surface area contributed by atoms with Crippen LogP contribution in [0.2, 0.25) is 0 Å². The van der Waals surface area contributed by atoms with Crippen LogP contribution >= 0.6 is 0 Å². The highest BCUT2D eigenvalue weighted by atomic mass is 16.4. The Morgan fingerprint density at radius 1 is 1.03 bits per heavy atom. The molecule has 2 bridgehead atoms.